The highest BCUT2D eigenvalue weighted by molar-refractivity contribution is 5.79. The van der Waals surface area contributed by atoms with Crippen molar-refractivity contribution < 1.29 is 9.53 Å². The van der Waals surface area contributed by atoms with Gasteiger partial charge in [0.15, 0.2) is 0 Å². The van der Waals surface area contributed by atoms with Crippen LogP contribution in [0.3, 0.4) is 0 Å². The molecule has 1 aromatic rings. The van der Waals surface area contributed by atoms with Crippen molar-refractivity contribution in [3.63, 3.8) is 0 Å². The van der Waals surface area contributed by atoms with Gasteiger partial charge in [-0.05, 0) is 25.3 Å². The average molecular weight is 247 g/mol. The van der Waals surface area contributed by atoms with E-state index in [2.05, 4.69) is 12.1 Å². The van der Waals surface area contributed by atoms with Crippen LogP contribution in [0.5, 0.6) is 0 Å². The van der Waals surface area contributed by atoms with Gasteiger partial charge in [0, 0.05) is 19.7 Å². The molecule has 1 aromatic carbocycles. The van der Waals surface area contributed by atoms with Crippen molar-refractivity contribution >= 4 is 5.91 Å². The molecule has 0 spiro atoms. The van der Waals surface area contributed by atoms with Gasteiger partial charge in [-0.2, -0.15) is 0 Å². The van der Waals surface area contributed by atoms with Gasteiger partial charge in [-0.15, -0.1) is 0 Å². The first-order chi connectivity index (χ1) is 8.81. The van der Waals surface area contributed by atoms with E-state index < -0.39 is 0 Å². The zero-order valence-electron chi connectivity index (χ0n) is 11.0. The molecule has 1 saturated heterocycles. The number of carbonyl (C=O) groups is 1. The molecule has 98 valence electrons. The van der Waals surface area contributed by atoms with Crippen LogP contribution >= 0.6 is 0 Å². The maximum atomic E-state index is 12.4. The Morgan fingerprint density at radius 3 is 2.78 bits per heavy atom. The standard InChI is InChI=1S/C15H21NO2/c1-2-16(11-13-7-4-3-5-8-13)15(17)14-9-6-10-18-12-14/h3-5,7-8,14H,2,6,9-12H2,1H3. The molecule has 1 unspecified atom stereocenters. The second kappa shape index (κ2) is 6.55. The molecule has 0 saturated carbocycles. The van der Waals surface area contributed by atoms with Gasteiger partial charge < -0.3 is 9.64 Å². The number of hydrogen-bond donors (Lipinski definition) is 0. The Hall–Kier alpha value is -1.35. The lowest BCUT2D eigenvalue weighted by Gasteiger charge is -2.28. The van der Waals surface area contributed by atoms with Crippen LogP contribution in [0.15, 0.2) is 30.3 Å². The zero-order valence-corrected chi connectivity index (χ0v) is 11.0. The molecular formula is C15H21NO2. The highest BCUT2D eigenvalue weighted by Crippen LogP contribution is 2.17. The van der Waals surface area contributed by atoms with E-state index >= 15 is 0 Å². The van der Waals surface area contributed by atoms with Gasteiger partial charge in [-0.3, -0.25) is 4.79 Å². The molecule has 0 N–H and O–H groups in total. The van der Waals surface area contributed by atoms with E-state index in [1.54, 1.807) is 0 Å². The van der Waals surface area contributed by atoms with Crippen LogP contribution in [-0.2, 0) is 16.1 Å². The number of hydrogen-bond acceptors (Lipinski definition) is 2. The van der Waals surface area contributed by atoms with E-state index in [-0.39, 0.29) is 11.8 Å². The summed E-state index contributed by atoms with van der Waals surface area (Å²) in [4.78, 5) is 14.3. The van der Waals surface area contributed by atoms with Crippen LogP contribution in [0.4, 0.5) is 0 Å². The summed E-state index contributed by atoms with van der Waals surface area (Å²) in [6.07, 6.45) is 1.96. The van der Waals surface area contributed by atoms with Gasteiger partial charge in [0.2, 0.25) is 5.91 Å². The summed E-state index contributed by atoms with van der Waals surface area (Å²) in [6, 6.07) is 10.1. The van der Waals surface area contributed by atoms with Crippen LogP contribution in [0.1, 0.15) is 25.3 Å². The molecule has 1 aliphatic rings. The summed E-state index contributed by atoms with van der Waals surface area (Å²) < 4.78 is 5.40. The molecule has 3 nitrogen and oxygen atoms in total. The second-order valence-corrected chi connectivity index (χ2v) is 4.75. The van der Waals surface area contributed by atoms with Crippen LogP contribution in [-0.4, -0.2) is 30.6 Å². The molecule has 3 heteroatoms. The highest BCUT2D eigenvalue weighted by Gasteiger charge is 2.25. The van der Waals surface area contributed by atoms with Crippen molar-refractivity contribution in [2.45, 2.75) is 26.3 Å². The normalized spacial score (nSPS) is 19.5. The molecule has 1 aliphatic heterocycles. The van der Waals surface area contributed by atoms with E-state index in [1.807, 2.05) is 30.0 Å². The van der Waals surface area contributed by atoms with E-state index in [9.17, 15) is 4.79 Å². The fourth-order valence-corrected chi connectivity index (χ4v) is 2.34. The third kappa shape index (κ3) is 3.33. The minimum absolute atomic E-state index is 0.0578. The summed E-state index contributed by atoms with van der Waals surface area (Å²) in [7, 11) is 0. The Bertz CT molecular complexity index is 371. The Kier molecular flexibility index (Phi) is 4.76. The van der Waals surface area contributed by atoms with Crippen molar-refractivity contribution in [1.82, 2.24) is 4.90 Å². The summed E-state index contributed by atoms with van der Waals surface area (Å²) >= 11 is 0. The Morgan fingerprint density at radius 2 is 2.17 bits per heavy atom. The van der Waals surface area contributed by atoms with Crippen molar-refractivity contribution in [2.75, 3.05) is 19.8 Å². The molecule has 1 fully saturated rings. The maximum Gasteiger partial charge on any atom is 0.228 e. The number of ether oxygens (including phenoxy) is 1. The third-order valence-electron chi connectivity index (χ3n) is 3.42. The van der Waals surface area contributed by atoms with Gasteiger partial charge in [-0.1, -0.05) is 30.3 Å². The zero-order chi connectivity index (χ0) is 12.8. The van der Waals surface area contributed by atoms with Crippen LogP contribution in [0, 0.1) is 5.92 Å². The molecule has 0 aromatic heterocycles. The molecule has 18 heavy (non-hydrogen) atoms. The fraction of sp³-hybridized carbons (Fsp3) is 0.533. The molecule has 2 rings (SSSR count). The fourth-order valence-electron chi connectivity index (χ4n) is 2.34. The maximum absolute atomic E-state index is 12.4. The Balaban J connectivity index is 1.97. The smallest absolute Gasteiger partial charge is 0.228 e. The summed E-state index contributed by atoms with van der Waals surface area (Å²) in [5.41, 5.74) is 1.18. The van der Waals surface area contributed by atoms with E-state index in [4.69, 9.17) is 4.74 Å². The summed E-state index contributed by atoms with van der Waals surface area (Å²) in [5, 5.41) is 0. The SMILES string of the molecule is CCN(Cc1ccccc1)C(=O)C1CCCOC1. The van der Waals surface area contributed by atoms with E-state index in [0.717, 1.165) is 26.0 Å². The van der Waals surface area contributed by atoms with E-state index in [1.165, 1.54) is 5.56 Å². The lowest BCUT2D eigenvalue weighted by Crippen LogP contribution is -2.39. The van der Waals surface area contributed by atoms with Crippen molar-refractivity contribution in [1.29, 1.82) is 0 Å². The quantitative estimate of drug-likeness (QED) is 0.818. The predicted octanol–water partition coefficient (Wildman–Crippen LogP) is 2.46. The number of benzene rings is 1. The lowest BCUT2D eigenvalue weighted by molar-refractivity contribution is -0.140. The van der Waals surface area contributed by atoms with Gasteiger partial charge >= 0.3 is 0 Å². The van der Waals surface area contributed by atoms with Gasteiger partial charge in [-0.25, -0.2) is 0 Å². The number of carbonyl (C=O) groups excluding carboxylic acids is 1. The number of nitrogens with zero attached hydrogens (tertiary/aromatic N) is 1. The Morgan fingerprint density at radius 1 is 1.39 bits per heavy atom. The Labute approximate surface area is 109 Å². The van der Waals surface area contributed by atoms with E-state index in [0.29, 0.717) is 13.2 Å². The first-order valence-electron chi connectivity index (χ1n) is 6.71. The second-order valence-electron chi connectivity index (χ2n) is 4.75. The summed E-state index contributed by atoms with van der Waals surface area (Å²) in [6.45, 7) is 4.88. The van der Waals surface area contributed by atoms with Crippen LogP contribution in [0.25, 0.3) is 0 Å². The van der Waals surface area contributed by atoms with Gasteiger partial charge in [0.25, 0.3) is 0 Å². The molecule has 0 aliphatic carbocycles. The molecule has 0 radical (unpaired) electrons. The van der Waals surface area contributed by atoms with Crippen molar-refractivity contribution in [3.8, 4) is 0 Å². The van der Waals surface area contributed by atoms with Gasteiger partial charge in [0.1, 0.15) is 0 Å². The van der Waals surface area contributed by atoms with Crippen LogP contribution in [0.2, 0.25) is 0 Å². The van der Waals surface area contributed by atoms with Crippen molar-refractivity contribution in [3.05, 3.63) is 35.9 Å². The average Bonchev–Trinajstić information content (AvgIpc) is 2.46. The minimum atomic E-state index is 0.0578. The van der Waals surface area contributed by atoms with Gasteiger partial charge in [0.05, 0.1) is 12.5 Å². The topological polar surface area (TPSA) is 29.5 Å². The van der Waals surface area contributed by atoms with Crippen LogP contribution < -0.4 is 0 Å². The first-order valence-corrected chi connectivity index (χ1v) is 6.71. The third-order valence-corrected chi connectivity index (χ3v) is 3.42. The molecular weight excluding hydrogens is 226 g/mol. The minimum Gasteiger partial charge on any atom is -0.381 e. The number of amides is 1. The summed E-state index contributed by atoms with van der Waals surface area (Å²) in [5.74, 6) is 0.295. The molecule has 0 bridgehead atoms. The first kappa shape index (κ1) is 13.1. The van der Waals surface area contributed by atoms with Crippen molar-refractivity contribution in [2.24, 2.45) is 5.92 Å². The largest absolute Gasteiger partial charge is 0.381 e. The number of rotatable bonds is 4. The monoisotopic (exact) mass is 247 g/mol. The lowest BCUT2D eigenvalue weighted by atomic mass is 10.0. The highest BCUT2D eigenvalue weighted by atomic mass is 16.5. The molecule has 1 atom stereocenters. The molecule has 1 amide bonds. The predicted molar refractivity (Wildman–Crippen MR) is 71.1 cm³/mol. The molecule has 1 heterocycles.